The molecule has 0 aliphatic heterocycles. The summed E-state index contributed by atoms with van der Waals surface area (Å²) in [5.74, 6) is -0.435. The van der Waals surface area contributed by atoms with Crippen molar-refractivity contribution in [2.45, 2.75) is 26.2 Å². The zero-order chi connectivity index (χ0) is 18.0. The van der Waals surface area contributed by atoms with E-state index in [4.69, 9.17) is 10.5 Å². The number of nitrogens with one attached hydrogen (secondary N) is 1. The summed E-state index contributed by atoms with van der Waals surface area (Å²) >= 11 is 0. The molecule has 3 aromatic rings. The van der Waals surface area contributed by atoms with Crippen LogP contribution in [-0.4, -0.2) is 18.6 Å². The average Bonchev–Trinajstić information content (AvgIpc) is 2.94. The molecule has 0 fully saturated rings. The summed E-state index contributed by atoms with van der Waals surface area (Å²) in [4.78, 5) is 3.15. The molecule has 3 nitrogen and oxygen atoms in total. The van der Waals surface area contributed by atoms with Crippen LogP contribution < -0.4 is 10.5 Å². The summed E-state index contributed by atoms with van der Waals surface area (Å²) in [7, 11) is 1.61. The summed E-state index contributed by atoms with van der Waals surface area (Å²) in [6, 6.07) is 8.11. The second-order valence-corrected chi connectivity index (χ2v) is 6.19. The number of H-pyrrole nitrogens is 1. The van der Waals surface area contributed by atoms with Gasteiger partial charge in [-0.1, -0.05) is 12.1 Å². The summed E-state index contributed by atoms with van der Waals surface area (Å²) in [6.07, 6.45) is 2.39. The van der Waals surface area contributed by atoms with Crippen molar-refractivity contribution in [1.29, 1.82) is 0 Å². The highest BCUT2D eigenvalue weighted by Gasteiger charge is 2.19. The van der Waals surface area contributed by atoms with Crippen LogP contribution in [0.5, 0.6) is 5.75 Å². The van der Waals surface area contributed by atoms with Crippen LogP contribution in [0.2, 0.25) is 0 Å². The van der Waals surface area contributed by atoms with Crippen molar-refractivity contribution in [3.05, 3.63) is 53.1 Å². The molecule has 0 bridgehead atoms. The van der Waals surface area contributed by atoms with Crippen LogP contribution >= 0.6 is 0 Å². The number of aromatic amines is 1. The van der Waals surface area contributed by atoms with Crippen LogP contribution in [0, 0.1) is 18.6 Å². The summed E-state index contributed by atoms with van der Waals surface area (Å²) in [5.41, 5.74) is 9.42. The lowest BCUT2D eigenvalue weighted by molar-refractivity contribution is 0.413. The number of benzene rings is 2. The lowest BCUT2D eigenvalue weighted by Crippen LogP contribution is -2.00. The van der Waals surface area contributed by atoms with E-state index in [9.17, 15) is 8.78 Å². The van der Waals surface area contributed by atoms with Crippen molar-refractivity contribution in [3.63, 3.8) is 0 Å². The molecule has 0 aliphatic rings. The van der Waals surface area contributed by atoms with Gasteiger partial charge in [-0.3, -0.25) is 0 Å². The second-order valence-electron chi connectivity index (χ2n) is 6.19. The zero-order valence-electron chi connectivity index (χ0n) is 14.5. The molecule has 3 N–H and O–H groups in total. The van der Waals surface area contributed by atoms with E-state index in [-0.39, 0.29) is 0 Å². The Kier molecular flexibility index (Phi) is 5.04. The smallest absolute Gasteiger partial charge is 0.150 e. The van der Waals surface area contributed by atoms with Crippen LogP contribution in [0.4, 0.5) is 8.78 Å². The van der Waals surface area contributed by atoms with Crippen LogP contribution in [0.3, 0.4) is 0 Å². The maximum atomic E-state index is 14.3. The molecule has 0 aliphatic carbocycles. The van der Waals surface area contributed by atoms with E-state index in [1.54, 1.807) is 7.11 Å². The van der Waals surface area contributed by atoms with E-state index in [0.717, 1.165) is 47.0 Å². The highest BCUT2D eigenvalue weighted by Crippen LogP contribution is 2.38. The van der Waals surface area contributed by atoms with E-state index in [0.29, 0.717) is 23.9 Å². The number of nitrogens with two attached hydrogens (primary N) is 1. The third-order valence-electron chi connectivity index (χ3n) is 4.50. The number of halogens is 2. The van der Waals surface area contributed by atoms with Gasteiger partial charge in [0.1, 0.15) is 17.4 Å². The normalized spacial score (nSPS) is 11.2. The number of aryl methyl sites for hydroxylation is 2. The minimum Gasteiger partial charge on any atom is -0.496 e. The first kappa shape index (κ1) is 17.4. The van der Waals surface area contributed by atoms with Gasteiger partial charge in [0.15, 0.2) is 0 Å². The Balaban J connectivity index is 2.25. The van der Waals surface area contributed by atoms with Gasteiger partial charge in [-0.2, -0.15) is 0 Å². The van der Waals surface area contributed by atoms with Crippen molar-refractivity contribution >= 4 is 10.9 Å². The van der Waals surface area contributed by atoms with Gasteiger partial charge in [-0.15, -0.1) is 0 Å². The molecule has 0 saturated carbocycles. The fourth-order valence-electron chi connectivity index (χ4n) is 3.33. The molecular weight excluding hydrogens is 322 g/mol. The Morgan fingerprint density at radius 1 is 1.16 bits per heavy atom. The summed E-state index contributed by atoms with van der Waals surface area (Å²) in [5, 5.41) is 0.577. The quantitative estimate of drug-likeness (QED) is 0.636. The van der Waals surface area contributed by atoms with Crippen LogP contribution in [0.15, 0.2) is 30.3 Å². The monoisotopic (exact) mass is 344 g/mol. The van der Waals surface area contributed by atoms with Gasteiger partial charge in [0.25, 0.3) is 0 Å². The van der Waals surface area contributed by atoms with Gasteiger partial charge in [-0.05, 0) is 56.0 Å². The molecule has 0 unspecified atom stereocenters. The highest BCUT2D eigenvalue weighted by atomic mass is 19.1. The van der Waals surface area contributed by atoms with E-state index in [2.05, 4.69) is 4.98 Å². The van der Waals surface area contributed by atoms with Crippen molar-refractivity contribution in [2.75, 3.05) is 13.7 Å². The maximum Gasteiger partial charge on any atom is 0.150 e. The molecule has 0 amide bonds. The number of fused-ring (bicyclic) bond motifs is 1. The number of aromatic nitrogens is 1. The number of hydrogen-bond donors (Lipinski definition) is 2. The SMILES string of the molecule is COc1c(C)cccc1-c1[nH]c2c(F)cc(F)cc2c1CCCCN. The minimum atomic E-state index is -0.590. The lowest BCUT2D eigenvalue weighted by atomic mass is 9.98. The van der Waals surface area contributed by atoms with Gasteiger partial charge in [0, 0.05) is 17.0 Å². The fourth-order valence-corrected chi connectivity index (χ4v) is 3.33. The Bertz CT molecular complexity index is 902. The second kappa shape index (κ2) is 7.23. The first-order valence-corrected chi connectivity index (χ1v) is 8.40. The average molecular weight is 344 g/mol. The van der Waals surface area contributed by atoms with Gasteiger partial charge < -0.3 is 15.5 Å². The van der Waals surface area contributed by atoms with Crippen molar-refractivity contribution in [1.82, 2.24) is 4.98 Å². The Morgan fingerprint density at radius 2 is 1.96 bits per heavy atom. The molecule has 0 saturated heterocycles. The predicted octanol–water partition coefficient (Wildman–Crippen LogP) is 4.71. The number of methoxy groups -OCH3 is 1. The number of unbranched alkanes of at least 4 members (excludes halogenated alkanes) is 1. The number of rotatable bonds is 6. The first-order valence-electron chi connectivity index (χ1n) is 8.40. The van der Waals surface area contributed by atoms with Crippen LogP contribution in [0.25, 0.3) is 22.2 Å². The van der Waals surface area contributed by atoms with E-state index in [1.807, 2.05) is 25.1 Å². The van der Waals surface area contributed by atoms with E-state index < -0.39 is 11.6 Å². The maximum absolute atomic E-state index is 14.3. The number of ether oxygens (including phenoxy) is 1. The Labute approximate surface area is 145 Å². The van der Waals surface area contributed by atoms with Crippen molar-refractivity contribution < 1.29 is 13.5 Å². The molecule has 3 rings (SSSR count). The molecule has 5 heteroatoms. The molecule has 1 aromatic heterocycles. The van der Waals surface area contributed by atoms with Gasteiger partial charge >= 0.3 is 0 Å². The van der Waals surface area contributed by atoms with E-state index in [1.165, 1.54) is 6.07 Å². The minimum absolute atomic E-state index is 0.322. The highest BCUT2D eigenvalue weighted by molar-refractivity contribution is 5.92. The standard InChI is InChI=1S/C20H22F2N2O/c1-12-6-5-8-15(20(12)25-2)18-14(7-3-4-9-23)16-10-13(21)11-17(22)19(16)24-18/h5-6,8,10-11,24H,3-4,7,9,23H2,1-2H3. The number of para-hydroxylation sites is 1. The Hall–Kier alpha value is -2.40. The first-order chi connectivity index (χ1) is 12.1. The van der Waals surface area contributed by atoms with Crippen molar-refractivity contribution in [2.24, 2.45) is 5.73 Å². The molecule has 0 radical (unpaired) electrons. The molecular formula is C20H22F2N2O. The third kappa shape index (κ3) is 3.24. The largest absolute Gasteiger partial charge is 0.496 e. The molecule has 132 valence electrons. The number of hydrogen-bond acceptors (Lipinski definition) is 2. The van der Waals surface area contributed by atoms with Gasteiger partial charge in [0.2, 0.25) is 0 Å². The molecule has 25 heavy (non-hydrogen) atoms. The summed E-state index contributed by atoms with van der Waals surface area (Å²) < 4.78 is 33.6. The predicted molar refractivity (Wildman–Crippen MR) is 96.9 cm³/mol. The molecule has 0 atom stereocenters. The lowest BCUT2D eigenvalue weighted by Gasteiger charge is -2.12. The zero-order valence-corrected chi connectivity index (χ0v) is 14.5. The van der Waals surface area contributed by atoms with Gasteiger partial charge in [0.05, 0.1) is 18.3 Å². The van der Waals surface area contributed by atoms with Crippen LogP contribution in [0.1, 0.15) is 24.0 Å². The molecule has 2 aromatic carbocycles. The van der Waals surface area contributed by atoms with Gasteiger partial charge in [-0.25, -0.2) is 8.78 Å². The summed E-state index contributed by atoms with van der Waals surface area (Å²) in [6.45, 7) is 2.55. The Morgan fingerprint density at radius 3 is 2.68 bits per heavy atom. The van der Waals surface area contributed by atoms with Crippen molar-refractivity contribution in [3.8, 4) is 17.0 Å². The topological polar surface area (TPSA) is 51.0 Å². The fraction of sp³-hybridized carbons (Fsp3) is 0.300. The molecule has 1 heterocycles. The third-order valence-corrected chi connectivity index (χ3v) is 4.50. The molecule has 0 spiro atoms. The van der Waals surface area contributed by atoms with E-state index >= 15 is 0 Å². The van der Waals surface area contributed by atoms with Crippen LogP contribution in [-0.2, 0) is 6.42 Å².